The smallest absolute Gasteiger partial charge is 0.323 e. The Morgan fingerprint density at radius 2 is 1.73 bits per heavy atom. The molecule has 1 heterocycles. The van der Waals surface area contributed by atoms with Crippen LogP contribution in [0.5, 0.6) is 0 Å². The Bertz CT molecular complexity index is 1240. The minimum absolute atomic E-state index is 0.0884. The molecule has 30 heavy (non-hydrogen) atoms. The summed E-state index contributed by atoms with van der Waals surface area (Å²) in [5, 5.41) is 10.4. The number of sulfone groups is 1. The molecule has 160 valence electrons. The first-order valence-electron chi connectivity index (χ1n) is 9.32. The first-order valence-corrected chi connectivity index (χ1v) is 12.8. The van der Waals surface area contributed by atoms with Crippen LogP contribution in [0.2, 0.25) is 0 Å². The Labute approximate surface area is 189 Å². The lowest BCUT2D eigenvalue weighted by atomic mass is 9.86. The van der Waals surface area contributed by atoms with Gasteiger partial charge in [0, 0.05) is 31.6 Å². The minimum atomic E-state index is -3.26. The SMILES string of the molecule is Cc1c(Sc2ccc(S(C)(=O)=O)cc2)c2c(Br)c(C(C)(C)C)ccc2n1CC(=O)O. The summed E-state index contributed by atoms with van der Waals surface area (Å²) >= 11 is 5.29. The maximum absolute atomic E-state index is 11.7. The van der Waals surface area contributed by atoms with Crippen molar-refractivity contribution in [2.75, 3.05) is 6.26 Å². The number of aromatic nitrogens is 1. The van der Waals surface area contributed by atoms with E-state index in [-0.39, 0.29) is 16.9 Å². The summed E-state index contributed by atoms with van der Waals surface area (Å²) in [7, 11) is -3.26. The summed E-state index contributed by atoms with van der Waals surface area (Å²) in [6.07, 6.45) is 1.18. The van der Waals surface area contributed by atoms with Gasteiger partial charge in [-0.1, -0.05) is 38.6 Å². The van der Waals surface area contributed by atoms with E-state index in [9.17, 15) is 18.3 Å². The van der Waals surface area contributed by atoms with Crippen molar-refractivity contribution in [3.8, 4) is 0 Å². The van der Waals surface area contributed by atoms with E-state index >= 15 is 0 Å². The third kappa shape index (κ3) is 4.45. The van der Waals surface area contributed by atoms with Gasteiger partial charge in [0.1, 0.15) is 6.54 Å². The first kappa shape index (κ1) is 22.9. The molecule has 3 rings (SSSR count). The van der Waals surface area contributed by atoms with Gasteiger partial charge in [0.15, 0.2) is 9.84 Å². The fraction of sp³-hybridized carbons (Fsp3) is 0.318. The molecule has 0 aliphatic heterocycles. The Hall–Kier alpha value is -1.77. The lowest BCUT2D eigenvalue weighted by molar-refractivity contribution is -0.137. The van der Waals surface area contributed by atoms with Crippen molar-refractivity contribution >= 4 is 54.4 Å². The molecule has 8 heteroatoms. The van der Waals surface area contributed by atoms with Gasteiger partial charge in [-0.3, -0.25) is 4.79 Å². The van der Waals surface area contributed by atoms with Gasteiger partial charge in [-0.25, -0.2) is 8.42 Å². The van der Waals surface area contributed by atoms with Crippen LogP contribution in [0.25, 0.3) is 10.9 Å². The van der Waals surface area contributed by atoms with Gasteiger partial charge in [0.25, 0.3) is 0 Å². The maximum atomic E-state index is 11.7. The number of carboxylic acids is 1. The van der Waals surface area contributed by atoms with Crippen LogP contribution in [0.3, 0.4) is 0 Å². The van der Waals surface area contributed by atoms with Gasteiger partial charge in [0.2, 0.25) is 0 Å². The molecule has 1 aromatic heterocycles. The number of rotatable bonds is 5. The lowest BCUT2D eigenvalue weighted by Gasteiger charge is -2.21. The van der Waals surface area contributed by atoms with Gasteiger partial charge in [-0.15, -0.1) is 0 Å². The second-order valence-corrected chi connectivity index (χ2v) is 12.2. The average molecular weight is 510 g/mol. The van der Waals surface area contributed by atoms with Crippen LogP contribution in [0.1, 0.15) is 32.0 Å². The molecule has 0 fully saturated rings. The van der Waals surface area contributed by atoms with Crippen molar-refractivity contribution in [2.45, 2.75) is 54.3 Å². The Kier molecular flexibility index (Phi) is 6.15. The molecule has 0 amide bonds. The molecular formula is C22H24BrNO4S2. The number of benzene rings is 2. The lowest BCUT2D eigenvalue weighted by Crippen LogP contribution is -2.12. The van der Waals surface area contributed by atoms with Crippen LogP contribution in [-0.4, -0.2) is 30.3 Å². The fourth-order valence-electron chi connectivity index (χ4n) is 3.41. The van der Waals surface area contributed by atoms with Crippen LogP contribution in [0.15, 0.2) is 55.6 Å². The fourth-order valence-corrected chi connectivity index (χ4v) is 6.37. The molecule has 1 N–H and O–H groups in total. The van der Waals surface area contributed by atoms with Crippen LogP contribution in [0.4, 0.5) is 0 Å². The number of fused-ring (bicyclic) bond motifs is 1. The zero-order chi connectivity index (χ0) is 22.4. The van der Waals surface area contributed by atoms with Crippen LogP contribution in [-0.2, 0) is 26.6 Å². The van der Waals surface area contributed by atoms with Gasteiger partial charge in [-0.05, 0) is 64.2 Å². The van der Waals surface area contributed by atoms with Crippen LogP contribution in [0, 0.1) is 6.92 Å². The summed E-state index contributed by atoms with van der Waals surface area (Å²) in [5.41, 5.74) is 2.76. The van der Waals surface area contributed by atoms with E-state index in [2.05, 4.69) is 36.7 Å². The molecule has 0 bridgehead atoms. The highest BCUT2D eigenvalue weighted by atomic mass is 79.9. The summed E-state index contributed by atoms with van der Waals surface area (Å²) in [6, 6.07) is 10.8. The summed E-state index contributed by atoms with van der Waals surface area (Å²) in [4.78, 5) is 13.6. The predicted molar refractivity (Wildman–Crippen MR) is 124 cm³/mol. The van der Waals surface area contributed by atoms with Crippen molar-refractivity contribution in [1.82, 2.24) is 4.57 Å². The molecule has 0 radical (unpaired) electrons. The van der Waals surface area contributed by atoms with Crippen molar-refractivity contribution in [3.05, 3.63) is 52.1 Å². The second kappa shape index (κ2) is 8.05. The second-order valence-electron chi connectivity index (χ2n) is 8.31. The van der Waals surface area contributed by atoms with Crippen LogP contribution < -0.4 is 0 Å². The number of hydrogen-bond donors (Lipinski definition) is 1. The van der Waals surface area contributed by atoms with E-state index in [0.717, 1.165) is 36.4 Å². The van der Waals surface area contributed by atoms with E-state index in [0.29, 0.717) is 0 Å². The standard InChI is InChI=1S/C22H24BrNO4S2/c1-13-21(29-14-6-8-15(9-7-14)30(5,27)28)19-17(24(13)12-18(25)26)11-10-16(20(19)23)22(2,3)4/h6-11H,12H2,1-5H3,(H,25,26). The minimum Gasteiger partial charge on any atom is -0.480 e. The van der Waals surface area contributed by atoms with Crippen molar-refractivity contribution in [2.24, 2.45) is 0 Å². The molecule has 0 aliphatic rings. The molecule has 2 aromatic carbocycles. The predicted octanol–water partition coefficient (Wildman–Crippen LogP) is 5.65. The number of carbonyl (C=O) groups is 1. The summed E-state index contributed by atoms with van der Waals surface area (Å²) in [6.45, 7) is 8.20. The molecule has 0 unspecified atom stereocenters. The molecule has 0 aliphatic carbocycles. The van der Waals surface area contributed by atoms with E-state index < -0.39 is 15.8 Å². The Morgan fingerprint density at radius 1 is 1.13 bits per heavy atom. The molecule has 0 atom stereocenters. The monoisotopic (exact) mass is 509 g/mol. The zero-order valence-corrected chi connectivity index (χ0v) is 20.7. The highest BCUT2D eigenvalue weighted by molar-refractivity contribution is 9.10. The number of hydrogen-bond acceptors (Lipinski definition) is 4. The van der Waals surface area contributed by atoms with E-state index in [1.54, 1.807) is 24.3 Å². The number of nitrogens with zero attached hydrogens (tertiary/aromatic N) is 1. The van der Waals surface area contributed by atoms with E-state index in [4.69, 9.17) is 0 Å². The average Bonchev–Trinajstić information content (AvgIpc) is 2.86. The van der Waals surface area contributed by atoms with Crippen LogP contribution >= 0.6 is 27.7 Å². The van der Waals surface area contributed by atoms with Crippen molar-refractivity contribution in [1.29, 1.82) is 0 Å². The Morgan fingerprint density at radius 3 is 2.23 bits per heavy atom. The molecule has 3 aromatic rings. The highest BCUT2D eigenvalue weighted by Crippen LogP contribution is 2.44. The number of halogens is 1. The topological polar surface area (TPSA) is 76.4 Å². The summed E-state index contributed by atoms with van der Waals surface area (Å²) in [5.74, 6) is -0.903. The Balaban J connectivity index is 2.21. The third-order valence-corrected chi connectivity index (χ3v) is 8.11. The molecular weight excluding hydrogens is 486 g/mol. The zero-order valence-electron chi connectivity index (χ0n) is 17.5. The number of aliphatic carboxylic acids is 1. The third-order valence-electron chi connectivity index (χ3n) is 4.94. The molecule has 0 saturated carbocycles. The van der Waals surface area contributed by atoms with Gasteiger partial charge >= 0.3 is 5.97 Å². The quantitative estimate of drug-likeness (QED) is 0.480. The van der Waals surface area contributed by atoms with Gasteiger partial charge in [-0.2, -0.15) is 0 Å². The maximum Gasteiger partial charge on any atom is 0.323 e. The van der Waals surface area contributed by atoms with E-state index in [1.807, 2.05) is 23.6 Å². The number of carboxylic acid groups (broad SMARTS) is 1. The van der Waals surface area contributed by atoms with Crippen molar-refractivity contribution in [3.63, 3.8) is 0 Å². The molecule has 0 saturated heterocycles. The molecule has 5 nitrogen and oxygen atoms in total. The largest absolute Gasteiger partial charge is 0.480 e. The normalized spacial score (nSPS) is 12.5. The van der Waals surface area contributed by atoms with Crippen molar-refractivity contribution < 1.29 is 18.3 Å². The van der Waals surface area contributed by atoms with Gasteiger partial charge < -0.3 is 9.67 Å². The van der Waals surface area contributed by atoms with Gasteiger partial charge in [0.05, 0.1) is 10.4 Å². The van der Waals surface area contributed by atoms with E-state index in [1.165, 1.54) is 18.0 Å². The highest BCUT2D eigenvalue weighted by Gasteiger charge is 2.24. The molecule has 0 spiro atoms. The first-order chi connectivity index (χ1) is 13.8. The summed E-state index contributed by atoms with van der Waals surface area (Å²) < 4.78 is 26.2.